The number of hydrogen-bond donors (Lipinski definition) is 3. The van der Waals surface area contributed by atoms with E-state index in [4.69, 9.17) is 15.5 Å². The first kappa shape index (κ1) is 25.8. The predicted molar refractivity (Wildman–Crippen MR) is 153 cm³/mol. The number of nitrogens with two attached hydrogens (primary N) is 1. The molecule has 10 nitrogen and oxygen atoms in total. The first-order valence-electron chi connectivity index (χ1n) is 14.1. The fourth-order valence-electron chi connectivity index (χ4n) is 6.67. The van der Waals surface area contributed by atoms with Crippen LogP contribution < -0.4 is 20.7 Å². The monoisotopic (exact) mass is 557 g/mol. The average molecular weight is 558 g/mol. The fraction of sp³-hybridized carbons (Fsp3) is 0.400. The number of likely N-dealkylation sites (tertiary alicyclic amines) is 1. The molecule has 2 aromatic carbocycles. The lowest BCUT2D eigenvalue weighted by molar-refractivity contribution is -0.123. The fourth-order valence-corrected chi connectivity index (χ4v) is 6.67. The number of halogens is 1. The summed E-state index contributed by atoms with van der Waals surface area (Å²) in [6.45, 7) is 2.26. The van der Waals surface area contributed by atoms with Gasteiger partial charge in [-0.25, -0.2) is 4.39 Å². The number of carbonyl (C=O) groups is 1. The number of likely N-dealkylation sites (N-methyl/N-ethyl adjacent to an activating group) is 1. The number of carbonyl (C=O) groups excluding carboxylic acids is 1. The molecule has 0 spiro atoms. The van der Waals surface area contributed by atoms with Crippen molar-refractivity contribution in [1.29, 1.82) is 0 Å². The van der Waals surface area contributed by atoms with Gasteiger partial charge in [-0.1, -0.05) is 24.3 Å². The number of hydrogen-bond acceptors (Lipinski definition) is 9. The topological polar surface area (TPSA) is 130 Å². The van der Waals surface area contributed by atoms with Crippen molar-refractivity contribution in [3.05, 3.63) is 48.4 Å². The van der Waals surface area contributed by atoms with Crippen LogP contribution in [0.3, 0.4) is 0 Å². The average Bonchev–Trinajstić information content (AvgIpc) is 3.52. The maximum atomic E-state index is 16.5. The summed E-state index contributed by atoms with van der Waals surface area (Å²) in [5.74, 6) is -0.567. The van der Waals surface area contributed by atoms with E-state index in [-0.39, 0.29) is 35.1 Å². The zero-order valence-corrected chi connectivity index (χ0v) is 22.8. The number of fused-ring (bicyclic) bond motifs is 4. The number of phenols is 1. The Labute approximate surface area is 236 Å². The molecule has 2 bridgehead atoms. The van der Waals surface area contributed by atoms with Gasteiger partial charge in [-0.05, 0) is 62.2 Å². The van der Waals surface area contributed by atoms with E-state index in [1.807, 2.05) is 29.2 Å². The molecule has 11 heteroatoms. The number of nitrogens with zero attached hydrogens (tertiary/aromatic N) is 5. The zero-order valence-electron chi connectivity index (χ0n) is 22.8. The summed E-state index contributed by atoms with van der Waals surface area (Å²) >= 11 is 0. The van der Waals surface area contributed by atoms with E-state index >= 15 is 4.39 Å². The third-order valence-electron chi connectivity index (χ3n) is 8.89. The summed E-state index contributed by atoms with van der Waals surface area (Å²) in [4.78, 5) is 30.5. The van der Waals surface area contributed by atoms with Gasteiger partial charge in [-0.15, -0.1) is 0 Å². The van der Waals surface area contributed by atoms with Crippen molar-refractivity contribution >= 4 is 33.4 Å². The van der Waals surface area contributed by atoms with Gasteiger partial charge in [0.2, 0.25) is 5.91 Å². The minimum atomic E-state index is -0.875. The van der Waals surface area contributed by atoms with Crippen LogP contribution in [0.5, 0.6) is 11.8 Å². The van der Waals surface area contributed by atoms with Gasteiger partial charge >= 0.3 is 6.01 Å². The van der Waals surface area contributed by atoms with Gasteiger partial charge in [0.1, 0.15) is 34.9 Å². The molecule has 212 valence electrons. The summed E-state index contributed by atoms with van der Waals surface area (Å²) < 4.78 is 22.6. The highest BCUT2D eigenvalue weighted by Crippen LogP contribution is 2.39. The molecule has 0 radical (unpaired) electrons. The van der Waals surface area contributed by atoms with Crippen molar-refractivity contribution in [2.75, 3.05) is 38.2 Å². The third kappa shape index (κ3) is 4.40. The smallest absolute Gasteiger partial charge is 0.319 e. The van der Waals surface area contributed by atoms with Crippen molar-refractivity contribution in [1.82, 2.24) is 25.2 Å². The Morgan fingerprint density at radius 3 is 2.90 bits per heavy atom. The van der Waals surface area contributed by atoms with Crippen LogP contribution in [0, 0.1) is 5.82 Å². The Kier molecular flexibility index (Phi) is 6.16. The first-order valence-corrected chi connectivity index (χ1v) is 14.1. The van der Waals surface area contributed by atoms with Crippen LogP contribution >= 0.6 is 0 Å². The van der Waals surface area contributed by atoms with Crippen LogP contribution in [-0.4, -0.2) is 81.8 Å². The van der Waals surface area contributed by atoms with E-state index in [2.05, 4.69) is 27.2 Å². The minimum absolute atomic E-state index is 0.0149. The number of benzene rings is 2. The van der Waals surface area contributed by atoms with Crippen LogP contribution in [0.2, 0.25) is 0 Å². The molecule has 4 N–H and O–H groups in total. The predicted octanol–water partition coefficient (Wildman–Crippen LogP) is 2.96. The lowest BCUT2D eigenvalue weighted by Gasteiger charge is -2.40. The van der Waals surface area contributed by atoms with Gasteiger partial charge in [-0.3, -0.25) is 15.1 Å². The highest BCUT2D eigenvalue weighted by molar-refractivity contribution is 6.00. The van der Waals surface area contributed by atoms with Gasteiger partial charge in [0.05, 0.1) is 5.39 Å². The van der Waals surface area contributed by atoms with Crippen molar-refractivity contribution in [3.63, 3.8) is 0 Å². The van der Waals surface area contributed by atoms with Gasteiger partial charge in [0, 0.05) is 36.9 Å². The maximum absolute atomic E-state index is 16.5. The Morgan fingerprint density at radius 2 is 2.10 bits per heavy atom. The number of ether oxygens (including phenoxy) is 1. The molecule has 5 heterocycles. The van der Waals surface area contributed by atoms with Crippen LogP contribution in [0.4, 0.5) is 10.2 Å². The number of piperazine rings is 1. The zero-order chi connectivity index (χ0) is 28.3. The van der Waals surface area contributed by atoms with Gasteiger partial charge in [0.25, 0.3) is 0 Å². The molecule has 0 saturated carbocycles. The number of anilines is 1. The number of phenolic OH excluding ortho intramolecular Hbond substituents is 1. The number of pyridine rings is 1. The molecule has 1 amide bonds. The maximum Gasteiger partial charge on any atom is 0.319 e. The SMILES string of the molecule is CN1CCC[C@H]1COc1nc(N2CC3CCC(C(N)=O)(C2)N3)c2cnc(-c3cc(O)cc4ccccc34)c(F)c2n1. The second-order valence-electron chi connectivity index (χ2n) is 11.5. The largest absolute Gasteiger partial charge is 0.508 e. The van der Waals surface area contributed by atoms with Crippen molar-refractivity contribution < 1.29 is 19.0 Å². The number of rotatable bonds is 6. The molecule has 3 aliphatic heterocycles. The van der Waals surface area contributed by atoms with E-state index < -0.39 is 17.3 Å². The molecular weight excluding hydrogens is 525 g/mol. The molecule has 3 atom stereocenters. The van der Waals surface area contributed by atoms with Crippen molar-refractivity contribution in [3.8, 4) is 23.0 Å². The van der Waals surface area contributed by atoms with E-state index in [1.54, 1.807) is 12.3 Å². The number of primary amides is 1. The number of aromatic hydroxyl groups is 1. The molecule has 3 fully saturated rings. The summed E-state index contributed by atoms with van der Waals surface area (Å²) in [6.07, 6.45) is 5.10. The first-order chi connectivity index (χ1) is 19.8. The van der Waals surface area contributed by atoms with E-state index in [0.717, 1.165) is 36.6 Å². The van der Waals surface area contributed by atoms with Crippen LogP contribution in [0.15, 0.2) is 42.6 Å². The molecule has 7 rings (SSSR count). The van der Waals surface area contributed by atoms with Gasteiger partial charge < -0.3 is 25.4 Å². The third-order valence-corrected chi connectivity index (χ3v) is 8.89. The minimum Gasteiger partial charge on any atom is -0.508 e. The number of aromatic nitrogens is 3. The Hall–Kier alpha value is -4.09. The second kappa shape index (κ2) is 9.78. The van der Waals surface area contributed by atoms with Crippen molar-refractivity contribution in [2.45, 2.75) is 43.3 Å². The van der Waals surface area contributed by atoms with Gasteiger partial charge in [0.15, 0.2) is 5.82 Å². The van der Waals surface area contributed by atoms with Crippen LogP contribution in [0.25, 0.3) is 32.9 Å². The standard InChI is InChI=1S/C30H32FN7O3/c1-37-10-4-6-19(37)15-41-29-34-26-23(27(35-29)38-14-18-8-9-30(16-38,36-18)28(32)40)13-33-25(24(26)31)22-12-20(39)11-17-5-2-3-7-21(17)22/h2-3,5,7,11-13,18-19,36,39H,4,6,8-10,14-16H2,1H3,(H2,32,40)/t18?,19-,30?/m0/s1. The lowest BCUT2D eigenvalue weighted by Crippen LogP contribution is -2.65. The second-order valence-corrected chi connectivity index (χ2v) is 11.5. The lowest BCUT2D eigenvalue weighted by atomic mass is 9.96. The Balaban J connectivity index is 1.37. The molecule has 2 aromatic heterocycles. The van der Waals surface area contributed by atoms with Gasteiger partial charge in [-0.2, -0.15) is 9.97 Å². The summed E-state index contributed by atoms with van der Waals surface area (Å²) in [5.41, 5.74) is 5.57. The Morgan fingerprint density at radius 1 is 1.24 bits per heavy atom. The molecule has 3 saturated heterocycles. The molecule has 2 unspecified atom stereocenters. The highest BCUT2D eigenvalue weighted by Gasteiger charge is 2.49. The van der Waals surface area contributed by atoms with Crippen LogP contribution in [0.1, 0.15) is 25.7 Å². The van der Waals surface area contributed by atoms with Crippen LogP contribution in [-0.2, 0) is 4.79 Å². The summed E-state index contributed by atoms with van der Waals surface area (Å²) in [7, 11) is 2.06. The number of nitrogens with one attached hydrogen (secondary N) is 1. The highest BCUT2D eigenvalue weighted by atomic mass is 19.1. The molecule has 4 aromatic rings. The summed E-state index contributed by atoms with van der Waals surface area (Å²) in [5, 5.41) is 15.7. The molecule has 3 aliphatic rings. The van der Waals surface area contributed by atoms with Crippen molar-refractivity contribution in [2.24, 2.45) is 5.73 Å². The van der Waals surface area contributed by atoms with E-state index in [9.17, 15) is 9.90 Å². The molecule has 0 aliphatic carbocycles. The van der Waals surface area contributed by atoms with E-state index in [1.165, 1.54) is 6.07 Å². The van der Waals surface area contributed by atoms with E-state index in [0.29, 0.717) is 42.9 Å². The quantitative estimate of drug-likeness (QED) is 0.328. The Bertz CT molecular complexity index is 1680. The molecule has 41 heavy (non-hydrogen) atoms. The molecular formula is C30H32FN7O3. The normalized spacial score (nSPS) is 24.4. The summed E-state index contributed by atoms with van der Waals surface area (Å²) in [6, 6.07) is 10.9. The number of amides is 1.